The van der Waals surface area contributed by atoms with Gasteiger partial charge in [-0.25, -0.2) is 0 Å². The van der Waals surface area contributed by atoms with Gasteiger partial charge in [0.15, 0.2) is 5.11 Å². The van der Waals surface area contributed by atoms with Crippen LogP contribution < -0.4 is 10.6 Å². The molecular weight excluding hydrogens is 292 g/mol. The molecule has 0 aliphatic heterocycles. The first-order chi connectivity index (χ1) is 10.6. The molecule has 1 unspecified atom stereocenters. The number of rotatable bonds is 7. The lowest BCUT2D eigenvalue weighted by molar-refractivity contribution is -0.0711. The Kier molecular flexibility index (Phi) is 5.28. The fourth-order valence-corrected chi connectivity index (χ4v) is 6.16. The standard InChI is InChI=1S/C18H32N2OS/c1-3-16(20-17(22)19-5-4-6-21-2)18-10-13-7-14(11-18)9-15(8-13)12-18/h13-16H,3-12H2,1-2H3,(H2,19,20,22). The maximum atomic E-state index is 5.54. The highest BCUT2D eigenvalue weighted by Gasteiger charge is 2.53. The van der Waals surface area contributed by atoms with Crippen LogP contribution in [0.25, 0.3) is 0 Å². The van der Waals surface area contributed by atoms with Gasteiger partial charge in [0.2, 0.25) is 0 Å². The van der Waals surface area contributed by atoms with Crippen molar-refractivity contribution in [1.82, 2.24) is 10.6 Å². The van der Waals surface area contributed by atoms with Gasteiger partial charge >= 0.3 is 0 Å². The average Bonchev–Trinajstić information content (AvgIpc) is 2.47. The van der Waals surface area contributed by atoms with Gasteiger partial charge in [-0.2, -0.15) is 0 Å². The van der Waals surface area contributed by atoms with E-state index in [1.54, 1.807) is 7.11 Å². The van der Waals surface area contributed by atoms with Crippen LogP contribution in [0.2, 0.25) is 0 Å². The largest absolute Gasteiger partial charge is 0.385 e. The van der Waals surface area contributed by atoms with Crippen molar-refractivity contribution in [3.05, 3.63) is 0 Å². The Morgan fingerprint density at radius 3 is 2.27 bits per heavy atom. The Labute approximate surface area is 140 Å². The zero-order valence-corrected chi connectivity index (χ0v) is 15.0. The molecule has 0 aromatic carbocycles. The van der Waals surface area contributed by atoms with Crippen LogP contribution in [0.15, 0.2) is 0 Å². The van der Waals surface area contributed by atoms with Crippen LogP contribution >= 0.6 is 12.2 Å². The first-order valence-electron chi connectivity index (χ1n) is 9.18. The molecule has 4 aliphatic rings. The maximum Gasteiger partial charge on any atom is 0.166 e. The van der Waals surface area contributed by atoms with Crippen molar-refractivity contribution in [3.8, 4) is 0 Å². The quantitative estimate of drug-likeness (QED) is 0.555. The normalized spacial score (nSPS) is 37.1. The van der Waals surface area contributed by atoms with Crippen molar-refractivity contribution < 1.29 is 4.74 Å². The summed E-state index contributed by atoms with van der Waals surface area (Å²) in [5, 5.41) is 7.88. The van der Waals surface area contributed by atoms with Gasteiger partial charge in [0.05, 0.1) is 0 Å². The Bertz CT molecular complexity index is 363. The van der Waals surface area contributed by atoms with Crippen molar-refractivity contribution in [2.45, 2.75) is 64.3 Å². The van der Waals surface area contributed by atoms with Crippen molar-refractivity contribution in [2.75, 3.05) is 20.3 Å². The maximum absolute atomic E-state index is 5.54. The van der Waals surface area contributed by atoms with Gasteiger partial charge in [-0.15, -0.1) is 0 Å². The van der Waals surface area contributed by atoms with Crippen LogP contribution in [0.5, 0.6) is 0 Å². The molecule has 1 atom stereocenters. The van der Waals surface area contributed by atoms with E-state index in [2.05, 4.69) is 17.6 Å². The van der Waals surface area contributed by atoms with E-state index in [0.29, 0.717) is 11.5 Å². The van der Waals surface area contributed by atoms with E-state index in [9.17, 15) is 0 Å². The Balaban J connectivity index is 1.56. The summed E-state index contributed by atoms with van der Waals surface area (Å²) in [6.45, 7) is 4.02. The molecule has 3 nitrogen and oxygen atoms in total. The third-order valence-corrected chi connectivity index (χ3v) is 6.61. The highest BCUT2D eigenvalue weighted by atomic mass is 32.1. The fourth-order valence-electron chi connectivity index (χ4n) is 5.92. The van der Waals surface area contributed by atoms with Crippen LogP contribution in [0.3, 0.4) is 0 Å². The molecule has 4 saturated carbocycles. The molecule has 0 spiro atoms. The van der Waals surface area contributed by atoms with Crippen molar-refractivity contribution in [3.63, 3.8) is 0 Å². The lowest BCUT2D eigenvalue weighted by Gasteiger charge is -2.59. The van der Waals surface area contributed by atoms with Crippen LogP contribution in [0.4, 0.5) is 0 Å². The van der Waals surface area contributed by atoms with Gasteiger partial charge in [-0.05, 0) is 86.8 Å². The Morgan fingerprint density at radius 1 is 1.18 bits per heavy atom. The number of ether oxygens (including phenoxy) is 1. The highest BCUT2D eigenvalue weighted by Crippen LogP contribution is 2.61. The molecule has 4 fully saturated rings. The number of methoxy groups -OCH3 is 1. The first-order valence-corrected chi connectivity index (χ1v) is 9.59. The third-order valence-electron chi connectivity index (χ3n) is 6.35. The molecule has 4 aliphatic carbocycles. The molecule has 0 aromatic rings. The summed E-state index contributed by atoms with van der Waals surface area (Å²) in [6, 6.07) is 0.559. The number of thiocarbonyl (C=S) groups is 1. The third kappa shape index (κ3) is 3.43. The Hall–Kier alpha value is -0.350. The smallest absolute Gasteiger partial charge is 0.166 e. The van der Waals surface area contributed by atoms with E-state index in [1.165, 1.54) is 44.9 Å². The second-order valence-corrected chi connectivity index (χ2v) is 8.40. The van der Waals surface area contributed by atoms with E-state index < -0.39 is 0 Å². The molecule has 0 aromatic heterocycles. The van der Waals surface area contributed by atoms with Gasteiger partial charge < -0.3 is 15.4 Å². The van der Waals surface area contributed by atoms with Crippen LogP contribution in [0, 0.1) is 23.2 Å². The molecular formula is C18H32N2OS. The molecule has 2 N–H and O–H groups in total. The molecule has 22 heavy (non-hydrogen) atoms. The molecule has 126 valence electrons. The average molecular weight is 325 g/mol. The predicted molar refractivity (Wildman–Crippen MR) is 94.9 cm³/mol. The van der Waals surface area contributed by atoms with Gasteiger partial charge in [0.25, 0.3) is 0 Å². The van der Waals surface area contributed by atoms with Gasteiger partial charge in [0, 0.05) is 26.3 Å². The molecule has 4 rings (SSSR count). The minimum Gasteiger partial charge on any atom is -0.385 e. The van der Waals surface area contributed by atoms with Crippen LogP contribution in [-0.4, -0.2) is 31.4 Å². The highest BCUT2D eigenvalue weighted by molar-refractivity contribution is 7.80. The first kappa shape index (κ1) is 16.5. The van der Waals surface area contributed by atoms with E-state index in [1.807, 2.05) is 0 Å². The van der Waals surface area contributed by atoms with Gasteiger partial charge in [-0.3, -0.25) is 0 Å². The summed E-state index contributed by atoms with van der Waals surface area (Å²) in [5.74, 6) is 3.01. The fraction of sp³-hybridized carbons (Fsp3) is 0.944. The summed E-state index contributed by atoms with van der Waals surface area (Å²) in [6.07, 6.45) is 11.0. The summed E-state index contributed by atoms with van der Waals surface area (Å²) in [7, 11) is 1.75. The zero-order valence-electron chi connectivity index (χ0n) is 14.2. The van der Waals surface area contributed by atoms with E-state index >= 15 is 0 Å². The number of nitrogens with one attached hydrogen (secondary N) is 2. The molecule has 0 radical (unpaired) electrons. The van der Waals surface area contributed by atoms with Crippen LogP contribution in [0.1, 0.15) is 58.3 Å². The van der Waals surface area contributed by atoms with Crippen molar-refractivity contribution in [2.24, 2.45) is 23.2 Å². The minimum absolute atomic E-state index is 0.530. The second kappa shape index (κ2) is 7.04. The summed E-state index contributed by atoms with van der Waals surface area (Å²) in [4.78, 5) is 0. The molecule has 0 amide bonds. The molecule has 4 bridgehead atoms. The lowest BCUT2D eigenvalue weighted by atomic mass is 9.47. The second-order valence-electron chi connectivity index (χ2n) is 7.99. The van der Waals surface area contributed by atoms with Crippen LogP contribution in [-0.2, 0) is 4.74 Å². The lowest BCUT2D eigenvalue weighted by Crippen LogP contribution is -2.58. The summed E-state index contributed by atoms with van der Waals surface area (Å²) < 4.78 is 5.09. The number of hydrogen-bond acceptors (Lipinski definition) is 2. The zero-order chi connectivity index (χ0) is 15.6. The minimum atomic E-state index is 0.530. The van der Waals surface area contributed by atoms with E-state index in [-0.39, 0.29) is 0 Å². The Morgan fingerprint density at radius 2 is 1.77 bits per heavy atom. The van der Waals surface area contributed by atoms with E-state index in [4.69, 9.17) is 17.0 Å². The molecule has 0 heterocycles. The summed E-state index contributed by atoms with van der Waals surface area (Å²) >= 11 is 5.54. The van der Waals surface area contributed by atoms with E-state index in [0.717, 1.165) is 42.4 Å². The summed E-state index contributed by atoms with van der Waals surface area (Å²) in [5.41, 5.74) is 0.530. The SMILES string of the molecule is CCC(NC(=S)NCCCOC)C12CC3CC(CC(C3)C1)C2. The van der Waals surface area contributed by atoms with Gasteiger partial charge in [0.1, 0.15) is 0 Å². The van der Waals surface area contributed by atoms with Gasteiger partial charge in [-0.1, -0.05) is 6.92 Å². The topological polar surface area (TPSA) is 33.3 Å². The molecule has 4 heteroatoms. The van der Waals surface area contributed by atoms with Crippen molar-refractivity contribution in [1.29, 1.82) is 0 Å². The van der Waals surface area contributed by atoms with Crippen molar-refractivity contribution >= 4 is 17.3 Å². The predicted octanol–water partition coefficient (Wildman–Crippen LogP) is 3.48. The molecule has 0 saturated heterocycles. The monoisotopic (exact) mass is 324 g/mol. The number of hydrogen-bond donors (Lipinski definition) is 2.